The Bertz CT molecular complexity index is 377. The number of nitrogens with zero attached hydrogens (tertiary/aromatic N) is 2. The van der Waals surface area contributed by atoms with Crippen molar-refractivity contribution in [3.05, 3.63) is 10.6 Å². The van der Waals surface area contributed by atoms with E-state index in [-0.39, 0.29) is 17.9 Å². The number of aliphatic hydroxyl groups excluding tert-OH is 1. The molecule has 1 rings (SSSR count). The molecule has 1 heterocycles. The van der Waals surface area contributed by atoms with Crippen molar-refractivity contribution in [2.24, 2.45) is 5.41 Å². The van der Waals surface area contributed by atoms with Gasteiger partial charge in [-0.3, -0.25) is 4.79 Å². The lowest BCUT2D eigenvalue weighted by molar-refractivity contribution is 0.0936. The van der Waals surface area contributed by atoms with Crippen molar-refractivity contribution in [3.63, 3.8) is 0 Å². The zero-order chi connectivity index (χ0) is 12.9. The number of hydrogen-bond acceptors (Lipinski definition) is 5. The Kier molecular flexibility index (Phi) is 5.02. The molecule has 0 atom stereocenters. The molecule has 0 aliphatic heterocycles. The SMILES string of the molecule is Cc1nnsc1C(=O)NCC(C)(C)CCCO. The second-order valence-electron chi connectivity index (χ2n) is 4.86. The average Bonchev–Trinajstić information content (AvgIpc) is 2.70. The third kappa shape index (κ3) is 4.40. The highest BCUT2D eigenvalue weighted by Gasteiger charge is 2.20. The average molecular weight is 257 g/mol. The van der Waals surface area contributed by atoms with Crippen molar-refractivity contribution in [2.45, 2.75) is 33.6 Å². The van der Waals surface area contributed by atoms with Crippen molar-refractivity contribution < 1.29 is 9.90 Å². The highest BCUT2D eigenvalue weighted by molar-refractivity contribution is 7.07. The number of aromatic nitrogens is 2. The fourth-order valence-electron chi connectivity index (χ4n) is 1.49. The van der Waals surface area contributed by atoms with Gasteiger partial charge in [0, 0.05) is 13.2 Å². The van der Waals surface area contributed by atoms with Gasteiger partial charge in [0.15, 0.2) is 0 Å². The van der Waals surface area contributed by atoms with E-state index >= 15 is 0 Å². The van der Waals surface area contributed by atoms with E-state index in [2.05, 4.69) is 28.8 Å². The van der Waals surface area contributed by atoms with Crippen LogP contribution in [0.25, 0.3) is 0 Å². The summed E-state index contributed by atoms with van der Waals surface area (Å²) in [6.07, 6.45) is 1.63. The maximum Gasteiger partial charge on any atom is 0.264 e. The predicted octanol–water partition coefficient (Wildman–Crippen LogP) is 1.38. The van der Waals surface area contributed by atoms with Gasteiger partial charge in [-0.1, -0.05) is 18.3 Å². The van der Waals surface area contributed by atoms with Crippen LogP contribution in [0.2, 0.25) is 0 Å². The summed E-state index contributed by atoms with van der Waals surface area (Å²) in [5, 5.41) is 15.5. The maximum atomic E-state index is 11.8. The first-order valence-corrected chi connectivity index (χ1v) is 6.41. The molecular formula is C11H19N3O2S. The van der Waals surface area contributed by atoms with Gasteiger partial charge in [-0.25, -0.2) is 0 Å². The summed E-state index contributed by atoms with van der Waals surface area (Å²) < 4.78 is 3.73. The van der Waals surface area contributed by atoms with E-state index < -0.39 is 0 Å². The first kappa shape index (κ1) is 14.1. The summed E-state index contributed by atoms with van der Waals surface area (Å²) in [7, 11) is 0. The van der Waals surface area contributed by atoms with Crippen LogP contribution >= 0.6 is 11.5 Å². The Morgan fingerprint density at radius 1 is 1.53 bits per heavy atom. The van der Waals surface area contributed by atoms with Gasteiger partial charge in [0.25, 0.3) is 5.91 Å². The molecule has 0 aromatic carbocycles. The summed E-state index contributed by atoms with van der Waals surface area (Å²) in [6, 6.07) is 0. The molecule has 0 saturated carbocycles. The Labute approximate surface area is 105 Å². The van der Waals surface area contributed by atoms with Crippen LogP contribution in [0, 0.1) is 12.3 Å². The lowest BCUT2D eigenvalue weighted by Gasteiger charge is -2.24. The van der Waals surface area contributed by atoms with Gasteiger partial charge in [0.2, 0.25) is 0 Å². The normalized spacial score (nSPS) is 11.5. The molecule has 0 unspecified atom stereocenters. The van der Waals surface area contributed by atoms with Crippen molar-refractivity contribution in [2.75, 3.05) is 13.2 Å². The van der Waals surface area contributed by atoms with Crippen LogP contribution < -0.4 is 5.32 Å². The minimum absolute atomic E-state index is 0.00951. The van der Waals surface area contributed by atoms with Gasteiger partial charge in [0.1, 0.15) is 4.88 Å². The van der Waals surface area contributed by atoms with Crippen LogP contribution in [0.3, 0.4) is 0 Å². The van der Waals surface area contributed by atoms with Gasteiger partial charge in [-0.15, -0.1) is 5.10 Å². The Morgan fingerprint density at radius 2 is 2.24 bits per heavy atom. The van der Waals surface area contributed by atoms with Crippen LogP contribution in [0.5, 0.6) is 0 Å². The molecule has 0 aliphatic rings. The molecule has 0 saturated heterocycles. The Balaban J connectivity index is 2.45. The Morgan fingerprint density at radius 3 is 2.76 bits per heavy atom. The van der Waals surface area contributed by atoms with Crippen molar-refractivity contribution >= 4 is 17.4 Å². The van der Waals surface area contributed by atoms with Crippen LogP contribution in [0.15, 0.2) is 0 Å². The number of nitrogens with one attached hydrogen (secondary N) is 1. The summed E-state index contributed by atoms with van der Waals surface area (Å²) in [5.74, 6) is -0.116. The van der Waals surface area contributed by atoms with E-state index in [0.717, 1.165) is 24.4 Å². The molecule has 0 fully saturated rings. The number of aryl methyl sites for hydroxylation is 1. The molecule has 2 N–H and O–H groups in total. The van der Waals surface area contributed by atoms with Crippen molar-refractivity contribution in [1.29, 1.82) is 0 Å². The first-order chi connectivity index (χ1) is 7.96. The number of amides is 1. The van der Waals surface area contributed by atoms with Crippen LogP contribution in [0.1, 0.15) is 42.1 Å². The van der Waals surface area contributed by atoms with Crippen molar-refractivity contribution in [1.82, 2.24) is 14.9 Å². The quantitative estimate of drug-likeness (QED) is 0.807. The molecule has 0 spiro atoms. The zero-order valence-corrected chi connectivity index (χ0v) is 11.3. The van der Waals surface area contributed by atoms with E-state index in [1.165, 1.54) is 0 Å². The number of carbonyl (C=O) groups excluding carboxylic acids is 1. The highest BCUT2D eigenvalue weighted by atomic mass is 32.1. The summed E-state index contributed by atoms with van der Waals surface area (Å²) in [6.45, 7) is 6.69. The van der Waals surface area contributed by atoms with Gasteiger partial charge in [0.05, 0.1) is 5.69 Å². The molecule has 0 bridgehead atoms. The molecule has 1 aromatic rings. The molecule has 96 valence electrons. The minimum atomic E-state index is -0.116. The molecule has 1 aromatic heterocycles. The third-order valence-electron chi connectivity index (χ3n) is 2.60. The zero-order valence-electron chi connectivity index (χ0n) is 10.5. The first-order valence-electron chi connectivity index (χ1n) is 5.64. The second-order valence-corrected chi connectivity index (χ2v) is 5.62. The van der Waals surface area contributed by atoms with E-state index in [4.69, 9.17) is 5.11 Å². The van der Waals surface area contributed by atoms with Gasteiger partial charge in [-0.05, 0) is 36.7 Å². The summed E-state index contributed by atoms with van der Waals surface area (Å²) >= 11 is 1.11. The monoisotopic (exact) mass is 257 g/mol. The van der Waals surface area contributed by atoms with Crippen LogP contribution in [-0.2, 0) is 0 Å². The number of carbonyl (C=O) groups is 1. The molecule has 5 nitrogen and oxygen atoms in total. The van der Waals surface area contributed by atoms with Gasteiger partial charge in [-0.2, -0.15) is 0 Å². The molecule has 1 amide bonds. The summed E-state index contributed by atoms with van der Waals surface area (Å²) in [4.78, 5) is 12.4. The van der Waals surface area contributed by atoms with Crippen LogP contribution in [-0.4, -0.2) is 33.8 Å². The lowest BCUT2D eigenvalue weighted by atomic mass is 9.88. The minimum Gasteiger partial charge on any atom is -0.396 e. The van der Waals surface area contributed by atoms with Crippen molar-refractivity contribution in [3.8, 4) is 0 Å². The topological polar surface area (TPSA) is 75.1 Å². The molecular weight excluding hydrogens is 238 g/mol. The Hall–Kier alpha value is -1.01. The predicted molar refractivity (Wildman–Crippen MR) is 67.1 cm³/mol. The van der Waals surface area contributed by atoms with Crippen LogP contribution in [0.4, 0.5) is 0 Å². The number of hydrogen-bond donors (Lipinski definition) is 2. The van der Waals surface area contributed by atoms with E-state index in [9.17, 15) is 4.79 Å². The van der Waals surface area contributed by atoms with E-state index in [1.807, 2.05) is 0 Å². The third-order valence-corrected chi connectivity index (χ3v) is 3.42. The maximum absolute atomic E-state index is 11.8. The molecule has 0 radical (unpaired) electrons. The largest absolute Gasteiger partial charge is 0.396 e. The van der Waals surface area contributed by atoms with Gasteiger partial charge >= 0.3 is 0 Å². The number of aliphatic hydroxyl groups is 1. The lowest BCUT2D eigenvalue weighted by Crippen LogP contribution is -2.34. The fourth-order valence-corrected chi connectivity index (χ4v) is 2.06. The van der Waals surface area contributed by atoms with E-state index in [1.54, 1.807) is 6.92 Å². The van der Waals surface area contributed by atoms with Gasteiger partial charge < -0.3 is 10.4 Å². The second kappa shape index (κ2) is 6.07. The standard InChI is InChI=1S/C11H19N3O2S/c1-8-9(17-14-13-8)10(16)12-7-11(2,3)5-4-6-15/h15H,4-7H2,1-3H3,(H,12,16). The molecule has 6 heteroatoms. The smallest absolute Gasteiger partial charge is 0.264 e. The molecule has 17 heavy (non-hydrogen) atoms. The fraction of sp³-hybridized carbons (Fsp3) is 0.727. The molecule has 0 aliphatic carbocycles. The highest BCUT2D eigenvalue weighted by Crippen LogP contribution is 2.21. The van der Waals surface area contributed by atoms with E-state index in [0.29, 0.717) is 17.1 Å². The summed E-state index contributed by atoms with van der Waals surface area (Å²) in [5.41, 5.74) is 0.658. The number of rotatable bonds is 6.